The van der Waals surface area contributed by atoms with Gasteiger partial charge >= 0.3 is 0 Å². The molecule has 0 bridgehead atoms. The summed E-state index contributed by atoms with van der Waals surface area (Å²) in [5, 5.41) is 7.63. The molecule has 0 unspecified atom stereocenters. The summed E-state index contributed by atoms with van der Waals surface area (Å²) in [5.41, 5.74) is 0. The number of rotatable bonds is 2. The Labute approximate surface area is 86.6 Å². The summed E-state index contributed by atoms with van der Waals surface area (Å²) in [4.78, 5) is 0. The van der Waals surface area contributed by atoms with E-state index < -0.39 is 0 Å². The molecule has 0 aliphatic carbocycles. The predicted molar refractivity (Wildman–Crippen MR) is 55.5 cm³/mol. The van der Waals surface area contributed by atoms with Crippen LogP contribution in [-0.2, 0) is 6.54 Å². The molecule has 0 radical (unpaired) electrons. The molecule has 0 aromatic carbocycles. The third-order valence-electron chi connectivity index (χ3n) is 2.55. The molecule has 4 heteroatoms. The van der Waals surface area contributed by atoms with Gasteiger partial charge in [0.1, 0.15) is 4.60 Å². The normalized spacial score (nSPS) is 19.2. The fourth-order valence-corrected chi connectivity index (χ4v) is 2.11. The maximum absolute atomic E-state index is 4.26. The van der Waals surface area contributed by atoms with E-state index in [2.05, 4.69) is 26.3 Å². The Kier molecular flexibility index (Phi) is 3.01. The number of hydrogen-bond acceptors (Lipinski definition) is 2. The van der Waals surface area contributed by atoms with Crippen LogP contribution in [-0.4, -0.2) is 22.9 Å². The minimum Gasteiger partial charge on any atom is -0.317 e. The van der Waals surface area contributed by atoms with Gasteiger partial charge in [0.15, 0.2) is 0 Å². The van der Waals surface area contributed by atoms with Gasteiger partial charge in [-0.3, -0.25) is 4.68 Å². The van der Waals surface area contributed by atoms with Gasteiger partial charge < -0.3 is 5.32 Å². The molecule has 13 heavy (non-hydrogen) atoms. The first-order valence-corrected chi connectivity index (χ1v) is 5.53. The van der Waals surface area contributed by atoms with Crippen LogP contribution in [0.4, 0.5) is 0 Å². The lowest BCUT2D eigenvalue weighted by Crippen LogP contribution is -2.30. The van der Waals surface area contributed by atoms with Gasteiger partial charge in [0.05, 0.1) is 6.20 Å². The molecule has 2 heterocycles. The van der Waals surface area contributed by atoms with Crippen molar-refractivity contribution in [3.05, 3.63) is 16.9 Å². The predicted octanol–water partition coefficient (Wildman–Crippen LogP) is 1.65. The van der Waals surface area contributed by atoms with Crippen molar-refractivity contribution in [3.8, 4) is 0 Å². The zero-order valence-corrected chi connectivity index (χ0v) is 9.13. The second-order valence-electron chi connectivity index (χ2n) is 3.53. The van der Waals surface area contributed by atoms with Gasteiger partial charge in [-0.15, -0.1) is 0 Å². The van der Waals surface area contributed by atoms with Gasteiger partial charge in [0.25, 0.3) is 0 Å². The van der Waals surface area contributed by atoms with Gasteiger partial charge in [0.2, 0.25) is 0 Å². The molecule has 3 nitrogen and oxygen atoms in total. The molecule has 1 aliphatic rings. The lowest BCUT2D eigenvalue weighted by molar-refractivity contribution is 0.319. The van der Waals surface area contributed by atoms with Crippen LogP contribution in [0, 0.1) is 5.92 Å². The van der Waals surface area contributed by atoms with E-state index in [1.807, 2.05) is 16.9 Å². The van der Waals surface area contributed by atoms with Crippen LogP contribution in [0.5, 0.6) is 0 Å². The molecular formula is C9H14BrN3. The molecule has 0 amide bonds. The van der Waals surface area contributed by atoms with Crippen molar-refractivity contribution >= 4 is 15.9 Å². The van der Waals surface area contributed by atoms with Crippen molar-refractivity contribution in [2.45, 2.75) is 19.4 Å². The van der Waals surface area contributed by atoms with E-state index in [0.29, 0.717) is 0 Å². The molecule has 1 N–H and O–H groups in total. The standard InChI is InChI=1S/C9H14BrN3/c10-9-3-6-12-13(9)7-8-1-4-11-5-2-8/h3,6,8,11H,1-2,4-5,7H2. The molecule has 2 rings (SSSR count). The van der Waals surface area contributed by atoms with Crippen LogP contribution in [0.15, 0.2) is 16.9 Å². The Morgan fingerprint density at radius 3 is 2.92 bits per heavy atom. The minimum atomic E-state index is 0.789. The summed E-state index contributed by atoms with van der Waals surface area (Å²) in [6.45, 7) is 3.36. The molecule has 1 aliphatic heterocycles. The second-order valence-corrected chi connectivity index (χ2v) is 4.34. The zero-order valence-electron chi connectivity index (χ0n) is 7.54. The van der Waals surface area contributed by atoms with Crippen LogP contribution in [0.2, 0.25) is 0 Å². The van der Waals surface area contributed by atoms with E-state index >= 15 is 0 Å². The maximum atomic E-state index is 4.26. The van der Waals surface area contributed by atoms with E-state index in [-0.39, 0.29) is 0 Å². The fraction of sp³-hybridized carbons (Fsp3) is 0.667. The highest BCUT2D eigenvalue weighted by Gasteiger charge is 2.14. The quantitative estimate of drug-likeness (QED) is 0.857. The Morgan fingerprint density at radius 1 is 1.54 bits per heavy atom. The van der Waals surface area contributed by atoms with Gasteiger partial charge in [-0.05, 0) is 53.8 Å². The average Bonchev–Trinajstić information content (AvgIpc) is 2.54. The summed E-state index contributed by atoms with van der Waals surface area (Å²) >= 11 is 3.48. The van der Waals surface area contributed by atoms with Gasteiger partial charge in [-0.1, -0.05) is 0 Å². The van der Waals surface area contributed by atoms with Crippen molar-refractivity contribution in [3.63, 3.8) is 0 Å². The van der Waals surface area contributed by atoms with Crippen molar-refractivity contribution in [1.29, 1.82) is 0 Å². The van der Waals surface area contributed by atoms with Crippen LogP contribution >= 0.6 is 15.9 Å². The van der Waals surface area contributed by atoms with Crippen LogP contribution < -0.4 is 5.32 Å². The van der Waals surface area contributed by atoms with Crippen molar-refractivity contribution in [2.24, 2.45) is 5.92 Å². The summed E-state index contributed by atoms with van der Waals surface area (Å²) in [6.07, 6.45) is 4.38. The van der Waals surface area contributed by atoms with E-state index in [9.17, 15) is 0 Å². The summed E-state index contributed by atoms with van der Waals surface area (Å²) in [6, 6.07) is 1.99. The SMILES string of the molecule is Brc1ccnn1CC1CCNCC1. The monoisotopic (exact) mass is 243 g/mol. The molecule has 1 saturated heterocycles. The number of piperidine rings is 1. The van der Waals surface area contributed by atoms with Gasteiger partial charge in [-0.2, -0.15) is 5.10 Å². The maximum Gasteiger partial charge on any atom is 0.104 e. The fourth-order valence-electron chi connectivity index (χ4n) is 1.76. The van der Waals surface area contributed by atoms with Crippen LogP contribution in [0.3, 0.4) is 0 Å². The van der Waals surface area contributed by atoms with Crippen molar-refractivity contribution < 1.29 is 0 Å². The summed E-state index contributed by atoms with van der Waals surface area (Å²) < 4.78 is 3.13. The number of nitrogens with zero attached hydrogens (tertiary/aromatic N) is 2. The van der Waals surface area contributed by atoms with Crippen molar-refractivity contribution in [1.82, 2.24) is 15.1 Å². The summed E-state index contributed by atoms with van der Waals surface area (Å²) in [7, 11) is 0. The molecular weight excluding hydrogens is 230 g/mol. The first-order chi connectivity index (χ1) is 6.36. The van der Waals surface area contributed by atoms with Crippen LogP contribution in [0.25, 0.3) is 0 Å². The lowest BCUT2D eigenvalue weighted by atomic mass is 9.98. The van der Waals surface area contributed by atoms with Gasteiger partial charge in [0, 0.05) is 6.54 Å². The molecule has 0 saturated carbocycles. The molecule has 1 aromatic heterocycles. The Bertz CT molecular complexity index is 266. The minimum absolute atomic E-state index is 0.789. The highest BCUT2D eigenvalue weighted by molar-refractivity contribution is 9.10. The smallest absolute Gasteiger partial charge is 0.104 e. The molecule has 1 fully saturated rings. The molecule has 0 spiro atoms. The molecule has 1 aromatic rings. The Morgan fingerprint density at radius 2 is 2.31 bits per heavy atom. The number of aromatic nitrogens is 2. The first kappa shape index (κ1) is 9.21. The second kappa shape index (κ2) is 4.24. The first-order valence-electron chi connectivity index (χ1n) is 4.74. The Balaban J connectivity index is 1.93. The van der Waals surface area contributed by atoms with E-state index in [1.165, 1.54) is 12.8 Å². The summed E-state index contributed by atoms with van der Waals surface area (Å²) in [5.74, 6) is 0.789. The highest BCUT2D eigenvalue weighted by Crippen LogP contribution is 2.16. The average molecular weight is 244 g/mol. The van der Waals surface area contributed by atoms with Crippen LogP contribution in [0.1, 0.15) is 12.8 Å². The largest absolute Gasteiger partial charge is 0.317 e. The highest BCUT2D eigenvalue weighted by atomic mass is 79.9. The third kappa shape index (κ3) is 2.31. The lowest BCUT2D eigenvalue weighted by Gasteiger charge is -2.22. The number of halogens is 1. The topological polar surface area (TPSA) is 29.9 Å². The molecule has 0 atom stereocenters. The van der Waals surface area contributed by atoms with E-state index in [0.717, 1.165) is 30.2 Å². The zero-order chi connectivity index (χ0) is 9.10. The molecule has 72 valence electrons. The number of nitrogens with one attached hydrogen (secondary N) is 1. The van der Waals surface area contributed by atoms with Crippen molar-refractivity contribution in [2.75, 3.05) is 13.1 Å². The third-order valence-corrected chi connectivity index (χ3v) is 3.23. The van der Waals surface area contributed by atoms with E-state index in [1.54, 1.807) is 0 Å². The van der Waals surface area contributed by atoms with Gasteiger partial charge in [-0.25, -0.2) is 0 Å². The van der Waals surface area contributed by atoms with E-state index in [4.69, 9.17) is 0 Å². The number of hydrogen-bond donors (Lipinski definition) is 1. The Hall–Kier alpha value is -0.350.